The molecule has 0 aliphatic carbocycles. The Bertz CT molecular complexity index is 969. The fraction of sp³-hybridized carbons (Fsp3) is 0.200. The van der Waals surface area contributed by atoms with E-state index < -0.39 is 0 Å². The van der Waals surface area contributed by atoms with Crippen LogP contribution in [0, 0.1) is 11.3 Å². The van der Waals surface area contributed by atoms with Crippen LogP contribution in [0.2, 0.25) is 0 Å². The first kappa shape index (κ1) is 16.9. The SMILES string of the molecule is N#C/C(=C\c1cccnc1)c1nnc(N2CCOCC2)n1-c1ccccc1. The van der Waals surface area contributed by atoms with Crippen molar-refractivity contribution < 1.29 is 4.74 Å². The van der Waals surface area contributed by atoms with E-state index in [2.05, 4.69) is 26.2 Å². The molecule has 0 bridgehead atoms. The number of anilines is 1. The first-order valence-corrected chi connectivity index (χ1v) is 8.72. The molecule has 27 heavy (non-hydrogen) atoms. The van der Waals surface area contributed by atoms with Gasteiger partial charge >= 0.3 is 0 Å². The van der Waals surface area contributed by atoms with Gasteiger partial charge in [-0.15, -0.1) is 10.2 Å². The Morgan fingerprint density at radius 3 is 2.59 bits per heavy atom. The topological polar surface area (TPSA) is 79.9 Å². The van der Waals surface area contributed by atoms with Crippen LogP contribution in [0.5, 0.6) is 0 Å². The van der Waals surface area contributed by atoms with Crippen LogP contribution in [0.25, 0.3) is 17.3 Å². The largest absolute Gasteiger partial charge is 0.378 e. The summed E-state index contributed by atoms with van der Waals surface area (Å²) in [5.74, 6) is 1.22. The van der Waals surface area contributed by atoms with Crippen LogP contribution >= 0.6 is 0 Å². The minimum Gasteiger partial charge on any atom is -0.378 e. The van der Waals surface area contributed by atoms with Gasteiger partial charge in [-0.3, -0.25) is 9.55 Å². The van der Waals surface area contributed by atoms with Crippen LogP contribution in [0.15, 0.2) is 54.9 Å². The van der Waals surface area contributed by atoms with E-state index >= 15 is 0 Å². The summed E-state index contributed by atoms with van der Waals surface area (Å²) in [5.41, 5.74) is 2.18. The minimum absolute atomic E-state index is 0.430. The Kier molecular flexibility index (Phi) is 4.90. The van der Waals surface area contributed by atoms with Crippen molar-refractivity contribution in [3.05, 3.63) is 66.2 Å². The molecule has 1 fully saturated rings. The van der Waals surface area contributed by atoms with Crippen LogP contribution in [0.3, 0.4) is 0 Å². The second-order valence-corrected chi connectivity index (χ2v) is 6.05. The normalized spacial score (nSPS) is 14.8. The quantitative estimate of drug-likeness (QED) is 0.667. The number of nitrogens with zero attached hydrogens (tertiary/aromatic N) is 6. The van der Waals surface area contributed by atoms with Gasteiger partial charge in [0.05, 0.1) is 24.5 Å². The molecule has 3 aromatic rings. The first-order chi connectivity index (χ1) is 13.4. The Morgan fingerprint density at radius 1 is 1.07 bits per heavy atom. The lowest BCUT2D eigenvalue weighted by Crippen LogP contribution is -2.38. The molecule has 4 rings (SSSR count). The van der Waals surface area contributed by atoms with Gasteiger partial charge in [0.25, 0.3) is 0 Å². The second-order valence-electron chi connectivity index (χ2n) is 6.05. The van der Waals surface area contributed by atoms with Crippen molar-refractivity contribution in [1.29, 1.82) is 5.26 Å². The van der Waals surface area contributed by atoms with E-state index in [4.69, 9.17) is 4.74 Å². The molecule has 0 atom stereocenters. The molecular weight excluding hydrogens is 340 g/mol. The number of benzene rings is 1. The number of morpholine rings is 1. The molecule has 0 radical (unpaired) electrons. The summed E-state index contributed by atoms with van der Waals surface area (Å²) in [6.07, 6.45) is 5.19. The summed E-state index contributed by atoms with van der Waals surface area (Å²) < 4.78 is 7.38. The monoisotopic (exact) mass is 358 g/mol. The molecule has 7 heteroatoms. The number of hydrogen-bond acceptors (Lipinski definition) is 6. The van der Waals surface area contributed by atoms with Gasteiger partial charge in [-0.05, 0) is 29.8 Å². The zero-order valence-corrected chi connectivity index (χ0v) is 14.7. The summed E-state index contributed by atoms with van der Waals surface area (Å²) in [6, 6.07) is 15.8. The molecule has 0 N–H and O–H groups in total. The van der Waals surface area contributed by atoms with Crippen LogP contribution in [0.1, 0.15) is 11.4 Å². The molecule has 0 saturated carbocycles. The van der Waals surface area contributed by atoms with Crippen LogP contribution in [-0.4, -0.2) is 46.1 Å². The fourth-order valence-corrected chi connectivity index (χ4v) is 3.01. The van der Waals surface area contributed by atoms with Gasteiger partial charge in [0.15, 0.2) is 5.82 Å². The fourth-order valence-electron chi connectivity index (χ4n) is 3.01. The van der Waals surface area contributed by atoms with Crippen molar-refractivity contribution in [3.8, 4) is 11.8 Å². The van der Waals surface area contributed by atoms with Crippen molar-refractivity contribution in [2.24, 2.45) is 0 Å². The van der Waals surface area contributed by atoms with Gasteiger partial charge in [0.1, 0.15) is 6.07 Å². The van der Waals surface area contributed by atoms with Crippen molar-refractivity contribution in [1.82, 2.24) is 19.7 Å². The maximum absolute atomic E-state index is 9.78. The van der Waals surface area contributed by atoms with Crippen LogP contribution < -0.4 is 4.90 Å². The number of allylic oxidation sites excluding steroid dienone is 1. The van der Waals surface area contributed by atoms with E-state index in [0.717, 1.165) is 24.3 Å². The maximum Gasteiger partial charge on any atom is 0.232 e. The molecule has 134 valence electrons. The lowest BCUT2D eigenvalue weighted by Gasteiger charge is -2.28. The Morgan fingerprint density at radius 2 is 1.89 bits per heavy atom. The van der Waals surface area contributed by atoms with E-state index in [1.165, 1.54) is 0 Å². The summed E-state index contributed by atoms with van der Waals surface area (Å²) in [4.78, 5) is 6.24. The molecule has 0 amide bonds. The number of hydrogen-bond donors (Lipinski definition) is 0. The van der Waals surface area contributed by atoms with Gasteiger partial charge in [-0.25, -0.2) is 0 Å². The van der Waals surface area contributed by atoms with E-state index in [-0.39, 0.29) is 0 Å². The zero-order valence-electron chi connectivity index (χ0n) is 14.7. The minimum atomic E-state index is 0.430. The Hall–Kier alpha value is -3.50. The third-order valence-corrected chi connectivity index (χ3v) is 4.31. The molecule has 0 spiro atoms. The molecule has 3 heterocycles. The predicted molar refractivity (Wildman–Crippen MR) is 102 cm³/mol. The van der Waals surface area contributed by atoms with Crippen molar-refractivity contribution in [2.75, 3.05) is 31.2 Å². The average molecular weight is 358 g/mol. The third kappa shape index (κ3) is 3.57. The average Bonchev–Trinajstić information content (AvgIpc) is 3.19. The molecule has 1 aromatic carbocycles. The number of pyridine rings is 1. The lowest BCUT2D eigenvalue weighted by atomic mass is 10.1. The molecule has 1 aliphatic rings. The molecule has 2 aromatic heterocycles. The van der Waals surface area contributed by atoms with Crippen LogP contribution in [0.4, 0.5) is 5.95 Å². The van der Waals surface area contributed by atoms with Gasteiger partial charge in [-0.2, -0.15) is 5.26 Å². The van der Waals surface area contributed by atoms with Gasteiger partial charge < -0.3 is 9.64 Å². The van der Waals surface area contributed by atoms with Gasteiger partial charge in [-0.1, -0.05) is 24.3 Å². The van der Waals surface area contributed by atoms with Crippen LogP contribution in [-0.2, 0) is 4.74 Å². The highest BCUT2D eigenvalue weighted by atomic mass is 16.5. The second kappa shape index (κ2) is 7.81. The van der Waals surface area contributed by atoms with Crippen molar-refractivity contribution in [3.63, 3.8) is 0 Å². The number of para-hydroxylation sites is 1. The zero-order chi connectivity index (χ0) is 18.5. The number of nitriles is 1. The van der Waals surface area contributed by atoms with Crippen molar-refractivity contribution in [2.45, 2.75) is 0 Å². The number of aromatic nitrogens is 4. The molecule has 1 aliphatic heterocycles. The molecule has 7 nitrogen and oxygen atoms in total. The Balaban J connectivity index is 1.84. The maximum atomic E-state index is 9.78. The lowest BCUT2D eigenvalue weighted by molar-refractivity contribution is 0.122. The molecule has 0 unspecified atom stereocenters. The number of rotatable bonds is 4. The highest BCUT2D eigenvalue weighted by Crippen LogP contribution is 2.26. The van der Waals surface area contributed by atoms with E-state index in [1.54, 1.807) is 18.5 Å². The highest BCUT2D eigenvalue weighted by molar-refractivity contribution is 5.87. The van der Waals surface area contributed by atoms with E-state index in [0.29, 0.717) is 30.6 Å². The van der Waals surface area contributed by atoms with E-state index in [9.17, 15) is 5.26 Å². The third-order valence-electron chi connectivity index (χ3n) is 4.31. The molecule has 1 saturated heterocycles. The molecular formula is C20H18N6O. The first-order valence-electron chi connectivity index (χ1n) is 8.72. The van der Waals surface area contributed by atoms with Gasteiger partial charge in [0.2, 0.25) is 5.95 Å². The van der Waals surface area contributed by atoms with Gasteiger partial charge in [0, 0.05) is 25.5 Å². The smallest absolute Gasteiger partial charge is 0.232 e. The summed E-state index contributed by atoms with van der Waals surface area (Å²) in [5, 5.41) is 18.5. The summed E-state index contributed by atoms with van der Waals surface area (Å²) >= 11 is 0. The summed E-state index contributed by atoms with van der Waals surface area (Å²) in [6.45, 7) is 2.76. The summed E-state index contributed by atoms with van der Waals surface area (Å²) in [7, 11) is 0. The van der Waals surface area contributed by atoms with E-state index in [1.807, 2.05) is 47.0 Å². The predicted octanol–water partition coefficient (Wildman–Crippen LogP) is 2.56. The standard InChI is InChI=1S/C20H18N6O/c21-14-17(13-16-5-4-8-22-15-16)19-23-24-20(25-9-11-27-12-10-25)26(19)18-6-2-1-3-7-18/h1-8,13,15H,9-12H2/b17-13+. The van der Waals surface area contributed by atoms with Crippen molar-refractivity contribution >= 4 is 17.6 Å². The highest BCUT2D eigenvalue weighted by Gasteiger charge is 2.23. The Labute approximate surface area is 157 Å². The number of ether oxygens (including phenoxy) is 1.